The van der Waals surface area contributed by atoms with Gasteiger partial charge in [-0.3, -0.25) is 9.59 Å². The summed E-state index contributed by atoms with van der Waals surface area (Å²) in [5.74, 6) is 0.405. The van der Waals surface area contributed by atoms with Crippen molar-refractivity contribution < 1.29 is 9.59 Å². The van der Waals surface area contributed by atoms with Gasteiger partial charge in [0.2, 0.25) is 11.8 Å². The Morgan fingerprint density at radius 3 is 2.33 bits per heavy atom. The molecule has 7 heteroatoms. The quantitative estimate of drug-likeness (QED) is 0.449. The maximum absolute atomic E-state index is 13.2. The van der Waals surface area contributed by atoms with E-state index in [0.717, 1.165) is 10.5 Å². The van der Waals surface area contributed by atoms with E-state index in [-0.39, 0.29) is 17.9 Å². The summed E-state index contributed by atoms with van der Waals surface area (Å²) < 4.78 is 0. The Morgan fingerprint density at radius 2 is 1.73 bits per heavy atom. The van der Waals surface area contributed by atoms with Crippen LogP contribution in [0.5, 0.6) is 0 Å². The van der Waals surface area contributed by atoms with E-state index in [1.807, 2.05) is 63.2 Å². The molecule has 2 amide bonds. The second-order valence-electron chi connectivity index (χ2n) is 7.25. The lowest BCUT2D eigenvalue weighted by Gasteiger charge is -2.31. The fourth-order valence-corrected chi connectivity index (χ4v) is 4.20. The van der Waals surface area contributed by atoms with E-state index in [0.29, 0.717) is 35.2 Å². The third-order valence-electron chi connectivity index (χ3n) is 4.51. The number of amides is 2. The summed E-state index contributed by atoms with van der Waals surface area (Å²) in [6.07, 6.45) is 0.849. The monoisotopic (exact) mass is 466 g/mol. The molecule has 162 valence electrons. The predicted molar refractivity (Wildman–Crippen MR) is 126 cm³/mol. The minimum absolute atomic E-state index is 0.00396. The molecule has 0 saturated heterocycles. The van der Waals surface area contributed by atoms with Crippen molar-refractivity contribution in [1.82, 2.24) is 10.2 Å². The first-order valence-electron chi connectivity index (χ1n) is 10.0. The summed E-state index contributed by atoms with van der Waals surface area (Å²) in [7, 11) is 0. The van der Waals surface area contributed by atoms with Crippen molar-refractivity contribution in [1.29, 1.82) is 0 Å². The van der Waals surface area contributed by atoms with Crippen molar-refractivity contribution in [3.8, 4) is 0 Å². The van der Waals surface area contributed by atoms with Crippen molar-refractivity contribution in [2.24, 2.45) is 0 Å². The van der Waals surface area contributed by atoms with Gasteiger partial charge in [-0.2, -0.15) is 0 Å². The highest BCUT2D eigenvalue weighted by Crippen LogP contribution is 2.23. The van der Waals surface area contributed by atoms with Crippen LogP contribution in [-0.4, -0.2) is 34.6 Å². The van der Waals surface area contributed by atoms with Crippen LogP contribution < -0.4 is 5.32 Å². The van der Waals surface area contributed by atoms with Gasteiger partial charge in [-0.1, -0.05) is 48.3 Å². The number of thioether (sulfide) groups is 1. The van der Waals surface area contributed by atoms with Crippen LogP contribution in [0.4, 0.5) is 0 Å². The maximum Gasteiger partial charge on any atom is 0.243 e. The Hall–Kier alpha value is -1.69. The highest BCUT2D eigenvalue weighted by atomic mass is 35.5. The highest BCUT2D eigenvalue weighted by molar-refractivity contribution is 7.99. The topological polar surface area (TPSA) is 49.4 Å². The third-order valence-corrected chi connectivity index (χ3v) is 6.15. The normalized spacial score (nSPS) is 11.9. The predicted octanol–water partition coefficient (Wildman–Crippen LogP) is 5.81. The summed E-state index contributed by atoms with van der Waals surface area (Å²) in [5.41, 5.74) is 0.827. The second kappa shape index (κ2) is 12.2. The van der Waals surface area contributed by atoms with Crippen molar-refractivity contribution in [3.63, 3.8) is 0 Å². The van der Waals surface area contributed by atoms with Gasteiger partial charge in [0.25, 0.3) is 0 Å². The Bertz CT molecular complexity index is 843. The number of hydrogen-bond donors (Lipinski definition) is 1. The molecule has 0 fully saturated rings. The first kappa shape index (κ1) is 24.6. The fraction of sp³-hybridized carbons (Fsp3) is 0.391. The summed E-state index contributed by atoms with van der Waals surface area (Å²) in [6.45, 7) is 6.04. The van der Waals surface area contributed by atoms with Crippen LogP contribution in [-0.2, 0) is 16.1 Å². The number of hydrogen-bond acceptors (Lipinski definition) is 3. The molecule has 0 aliphatic carbocycles. The van der Waals surface area contributed by atoms with E-state index in [9.17, 15) is 9.59 Å². The van der Waals surface area contributed by atoms with E-state index in [1.54, 1.807) is 22.7 Å². The number of rotatable bonds is 10. The molecule has 30 heavy (non-hydrogen) atoms. The number of carbonyl (C=O) groups excluding carboxylic acids is 2. The molecule has 2 aromatic rings. The smallest absolute Gasteiger partial charge is 0.243 e. The molecule has 0 aromatic heterocycles. The molecule has 2 rings (SSSR count). The lowest BCUT2D eigenvalue weighted by molar-refractivity contribution is -0.141. The van der Waals surface area contributed by atoms with Gasteiger partial charge in [-0.05, 0) is 56.2 Å². The van der Waals surface area contributed by atoms with Crippen LogP contribution in [0.2, 0.25) is 10.0 Å². The van der Waals surface area contributed by atoms with Crippen molar-refractivity contribution in [2.45, 2.75) is 57.1 Å². The van der Waals surface area contributed by atoms with Gasteiger partial charge in [-0.25, -0.2) is 0 Å². The van der Waals surface area contributed by atoms with E-state index in [1.165, 1.54) is 0 Å². The van der Waals surface area contributed by atoms with Gasteiger partial charge >= 0.3 is 0 Å². The van der Waals surface area contributed by atoms with Gasteiger partial charge in [0.05, 0.1) is 0 Å². The molecule has 0 radical (unpaired) electrons. The lowest BCUT2D eigenvalue weighted by Crippen LogP contribution is -2.50. The summed E-state index contributed by atoms with van der Waals surface area (Å²) in [6, 6.07) is 14.4. The zero-order valence-electron chi connectivity index (χ0n) is 17.5. The molecule has 0 aliphatic heterocycles. The van der Waals surface area contributed by atoms with Crippen molar-refractivity contribution in [2.75, 3.05) is 5.75 Å². The van der Waals surface area contributed by atoms with Crippen LogP contribution in [0, 0.1) is 0 Å². The minimum Gasteiger partial charge on any atom is -0.352 e. The number of halogens is 2. The molecule has 0 heterocycles. The molecule has 0 aliphatic rings. The van der Waals surface area contributed by atoms with Crippen LogP contribution in [0.25, 0.3) is 0 Å². The third kappa shape index (κ3) is 7.53. The molecule has 0 unspecified atom stereocenters. The van der Waals surface area contributed by atoms with E-state index >= 15 is 0 Å². The van der Waals surface area contributed by atoms with E-state index < -0.39 is 6.04 Å². The lowest BCUT2D eigenvalue weighted by atomic mass is 10.1. The number of carbonyl (C=O) groups is 2. The van der Waals surface area contributed by atoms with E-state index in [2.05, 4.69) is 5.32 Å². The van der Waals surface area contributed by atoms with Crippen LogP contribution in [0.15, 0.2) is 53.4 Å². The molecule has 0 saturated carbocycles. The molecule has 2 aromatic carbocycles. The average molecular weight is 467 g/mol. The van der Waals surface area contributed by atoms with Crippen LogP contribution in [0.3, 0.4) is 0 Å². The first-order valence-corrected chi connectivity index (χ1v) is 11.8. The summed E-state index contributed by atoms with van der Waals surface area (Å²) in [5, 5.41) is 4.20. The highest BCUT2D eigenvalue weighted by Gasteiger charge is 2.29. The summed E-state index contributed by atoms with van der Waals surface area (Å²) in [4.78, 5) is 28.6. The average Bonchev–Trinajstić information content (AvgIpc) is 2.70. The zero-order valence-corrected chi connectivity index (χ0v) is 19.9. The van der Waals surface area contributed by atoms with Crippen molar-refractivity contribution >= 4 is 46.8 Å². The van der Waals surface area contributed by atoms with Gasteiger partial charge in [-0.15, -0.1) is 11.8 Å². The molecule has 1 atom stereocenters. The molecular weight excluding hydrogens is 439 g/mol. The van der Waals surface area contributed by atoms with Gasteiger partial charge in [0, 0.05) is 39.7 Å². The van der Waals surface area contributed by atoms with Gasteiger partial charge in [0.1, 0.15) is 6.04 Å². The fourth-order valence-electron chi connectivity index (χ4n) is 3.04. The van der Waals surface area contributed by atoms with Gasteiger partial charge < -0.3 is 10.2 Å². The Labute approximate surface area is 193 Å². The SMILES string of the molecule is CC[C@H](C(=O)NC(C)C)N(Cc1ccccc1Cl)C(=O)CCSc1ccc(Cl)cc1. The minimum atomic E-state index is -0.545. The number of nitrogens with one attached hydrogen (secondary N) is 1. The maximum atomic E-state index is 13.2. The number of nitrogens with zero attached hydrogens (tertiary/aromatic N) is 1. The van der Waals surface area contributed by atoms with E-state index in [4.69, 9.17) is 23.2 Å². The molecule has 4 nitrogen and oxygen atoms in total. The summed E-state index contributed by atoms with van der Waals surface area (Å²) >= 11 is 13.8. The largest absolute Gasteiger partial charge is 0.352 e. The Kier molecular flexibility index (Phi) is 10.0. The van der Waals surface area contributed by atoms with Crippen LogP contribution >= 0.6 is 35.0 Å². The van der Waals surface area contributed by atoms with Crippen molar-refractivity contribution in [3.05, 3.63) is 64.1 Å². The Morgan fingerprint density at radius 1 is 1.07 bits per heavy atom. The molecule has 0 spiro atoms. The zero-order chi connectivity index (χ0) is 22.1. The van der Waals surface area contributed by atoms with Crippen LogP contribution in [0.1, 0.15) is 39.2 Å². The van der Waals surface area contributed by atoms with Gasteiger partial charge in [0.15, 0.2) is 0 Å². The molecule has 1 N–H and O–H groups in total. The standard InChI is InChI=1S/C23H28Cl2N2O2S/c1-4-21(23(29)26-16(2)3)27(15-17-7-5-6-8-20(17)25)22(28)13-14-30-19-11-9-18(24)10-12-19/h5-12,16,21H,4,13-15H2,1-3H3,(H,26,29)/t21-/m1/s1. The molecular formula is C23H28Cl2N2O2S. The second-order valence-corrected chi connectivity index (χ2v) is 9.26. The first-order chi connectivity index (χ1) is 14.3. The Balaban J connectivity index is 2.13. The molecule has 0 bridgehead atoms. The number of benzene rings is 2.